The lowest BCUT2D eigenvalue weighted by atomic mass is 10.2. The fraction of sp³-hybridized carbons (Fsp3) is 0.0870. The maximum absolute atomic E-state index is 12.2. The van der Waals surface area contributed by atoms with Crippen molar-refractivity contribution in [1.82, 2.24) is 5.43 Å². The number of halogens is 1. The Morgan fingerprint density at radius 3 is 2.10 bits per heavy atom. The van der Waals surface area contributed by atoms with Crippen LogP contribution in [0.15, 0.2) is 84.0 Å². The Morgan fingerprint density at radius 1 is 0.833 bits per heavy atom. The number of rotatable bonds is 7. The van der Waals surface area contributed by atoms with Gasteiger partial charge in [-0.15, -0.1) is 0 Å². The van der Waals surface area contributed by atoms with E-state index in [2.05, 4.69) is 43.8 Å². The van der Waals surface area contributed by atoms with Crippen LogP contribution in [0.5, 0.6) is 0 Å². The van der Waals surface area contributed by atoms with Gasteiger partial charge in [0, 0.05) is 31.9 Å². The highest BCUT2D eigenvalue weighted by atomic mass is 127. The van der Waals surface area contributed by atoms with Gasteiger partial charge >= 0.3 is 0 Å². The first kappa shape index (κ1) is 21.5. The van der Waals surface area contributed by atoms with E-state index in [0.29, 0.717) is 17.0 Å². The maximum Gasteiger partial charge on any atom is 0.271 e. The molecule has 0 fully saturated rings. The Kier molecular flexibility index (Phi) is 7.56. The number of benzene rings is 3. The van der Waals surface area contributed by atoms with Gasteiger partial charge in [0.2, 0.25) is 5.91 Å². The molecule has 3 N–H and O–H groups in total. The van der Waals surface area contributed by atoms with Crippen LogP contribution in [0.4, 0.5) is 17.1 Å². The van der Waals surface area contributed by atoms with E-state index in [-0.39, 0.29) is 18.2 Å². The number of carbonyl (C=O) groups is 2. The molecule has 0 heterocycles. The lowest BCUT2D eigenvalue weighted by Gasteiger charge is -2.09. The minimum Gasteiger partial charge on any atom is -0.356 e. The minimum absolute atomic E-state index is 0.0803. The SMILES string of the molecule is C/C(CC(=O)Nc1ccc(Nc2ccccc2)cc1)=N/NC(=O)c1ccc(I)cc1. The van der Waals surface area contributed by atoms with E-state index < -0.39 is 0 Å². The maximum atomic E-state index is 12.2. The van der Waals surface area contributed by atoms with E-state index in [4.69, 9.17) is 0 Å². The van der Waals surface area contributed by atoms with E-state index in [9.17, 15) is 9.59 Å². The van der Waals surface area contributed by atoms with Gasteiger partial charge in [-0.3, -0.25) is 9.59 Å². The number of hydrazone groups is 1. The normalized spacial score (nSPS) is 10.9. The van der Waals surface area contributed by atoms with Crippen molar-refractivity contribution in [3.63, 3.8) is 0 Å². The lowest BCUT2D eigenvalue weighted by molar-refractivity contribution is -0.115. The summed E-state index contributed by atoms with van der Waals surface area (Å²) in [6.07, 6.45) is 0.0803. The van der Waals surface area contributed by atoms with Crippen molar-refractivity contribution < 1.29 is 9.59 Å². The summed E-state index contributed by atoms with van der Waals surface area (Å²) < 4.78 is 1.05. The van der Waals surface area contributed by atoms with Crippen molar-refractivity contribution in [3.8, 4) is 0 Å². The highest BCUT2D eigenvalue weighted by Gasteiger charge is 2.07. The molecule has 3 rings (SSSR count). The third-order valence-electron chi connectivity index (χ3n) is 4.10. The second kappa shape index (κ2) is 10.5. The fourth-order valence-electron chi connectivity index (χ4n) is 2.61. The minimum atomic E-state index is -0.312. The second-order valence-corrected chi connectivity index (χ2v) is 7.83. The molecule has 30 heavy (non-hydrogen) atoms. The van der Waals surface area contributed by atoms with Gasteiger partial charge in [0.25, 0.3) is 5.91 Å². The molecule has 0 aromatic heterocycles. The topological polar surface area (TPSA) is 82.6 Å². The summed E-state index contributed by atoms with van der Waals surface area (Å²) in [4.78, 5) is 24.3. The van der Waals surface area contributed by atoms with Crippen LogP contribution in [0.3, 0.4) is 0 Å². The Labute approximate surface area is 188 Å². The summed E-state index contributed by atoms with van der Waals surface area (Å²) in [6.45, 7) is 1.70. The van der Waals surface area contributed by atoms with Crippen LogP contribution in [-0.4, -0.2) is 17.5 Å². The zero-order chi connectivity index (χ0) is 21.3. The number of hydrogen-bond acceptors (Lipinski definition) is 4. The second-order valence-electron chi connectivity index (χ2n) is 6.59. The van der Waals surface area contributed by atoms with Gasteiger partial charge < -0.3 is 10.6 Å². The zero-order valence-electron chi connectivity index (χ0n) is 16.4. The molecule has 0 aliphatic carbocycles. The molecular weight excluding hydrogens is 491 g/mol. The smallest absolute Gasteiger partial charge is 0.271 e. The molecule has 0 unspecified atom stereocenters. The van der Waals surface area contributed by atoms with Crippen LogP contribution in [0.25, 0.3) is 0 Å². The van der Waals surface area contributed by atoms with Gasteiger partial charge in [-0.25, -0.2) is 5.43 Å². The number of hydrogen-bond donors (Lipinski definition) is 3. The number of anilines is 3. The van der Waals surface area contributed by atoms with Crippen LogP contribution in [0.1, 0.15) is 23.7 Å². The summed E-state index contributed by atoms with van der Waals surface area (Å²) in [5, 5.41) is 10.1. The molecular formula is C23H21IN4O2. The van der Waals surface area contributed by atoms with Crippen molar-refractivity contribution >= 4 is 57.2 Å². The summed E-state index contributed by atoms with van der Waals surface area (Å²) in [5.41, 5.74) is 6.11. The van der Waals surface area contributed by atoms with Gasteiger partial charge in [0.15, 0.2) is 0 Å². The molecule has 3 aromatic rings. The number of nitrogens with one attached hydrogen (secondary N) is 3. The van der Waals surface area contributed by atoms with Crippen LogP contribution in [0, 0.1) is 3.57 Å². The van der Waals surface area contributed by atoms with Gasteiger partial charge in [0.05, 0.1) is 6.42 Å². The van der Waals surface area contributed by atoms with Gasteiger partial charge in [-0.05, 0) is 90.2 Å². The fourth-order valence-corrected chi connectivity index (χ4v) is 2.97. The highest BCUT2D eigenvalue weighted by molar-refractivity contribution is 14.1. The molecule has 0 bridgehead atoms. The average Bonchev–Trinajstić information content (AvgIpc) is 2.74. The molecule has 2 amide bonds. The molecule has 0 atom stereocenters. The summed E-state index contributed by atoms with van der Waals surface area (Å²) in [5.74, 6) is -0.517. The van der Waals surface area contributed by atoms with Gasteiger partial charge in [-0.2, -0.15) is 5.10 Å². The van der Waals surface area contributed by atoms with Crippen molar-refractivity contribution in [1.29, 1.82) is 0 Å². The van der Waals surface area contributed by atoms with Crippen LogP contribution < -0.4 is 16.1 Å². The van der Waals surface area contributed by atoms with Crippen molar-refractivity contribution in [2.24, 2.45) is 5.10 Å². The highest BCUT2D eigenvalue weighted by Crippen LogP contribution is 2.18. The van der Waals surface area contributed by atoms with Gasteiger partial charge in [0.1, 0.15) is 0 Å². The van der Waals surface area contributed by atoms with Crippen molar-refractivity contribution in [3.05, 3.63) is 88.0 Å². The van der Waals surface area contributed by atoms with Crippen LogP contribution in [-0.2, 0) is 4.79 Å². The molecule has 0 spiro atoms. The third-order valence-corrected chi connectivity index (χ3v) is 4.82. The monoisotopic (exact) mass is 512 g/mol. The summed E-state index contributed by atoms with van der Waals surface area (Å²) in [7, 11) is 0. The largest absolute Gasteiger partial charge is 0.356 e. The predicted molar refractivity (Wildman–Crippen MR) is 129 cm³/mol. The average molecular weight is 512 g/mol. The van der Waals surface area contributed by atoms with E-state index in [1.807, 2.05) is 66.7 Å². The molecule has 0 saturated heterocycles. The first-order valence-corrected chi connectivity index (χ1v) is 10.4. The zero-order valence-corrected chi connectivity index (χ0v) is 18.5. The molecule has 152 valence electrons. The Hall–Kier alpha value is -3.20. The quantitative estimate of drug-likeness (QED) is 0.232. The Balaban J connectivity index is 1.48. The van der Waals surface area contributed by atoms with E-state index in [1.54, 1.807) is 19.1 Å². The first-order valence-electron chi connectivity index (χ1n) is 9.30. The molecule has 0 saturated carbocycles. The standard InChI is InChI=1S/C23H21IN4O2/c1-16(27-28-23(30)17-7-9-18(24)10-8-17)15-22(29)26-21-13-11-20(12-14-21)25-19-5-3-2-4-6-19/h2-14,25H,15H2,1H3,(H,26,29)(H,28,30)/b27-16-. The van der Waals surface area contributed by atoms with E-state index in [0.717, 1.165) is 14.9 Å². The van der Waals surface area contributed by atoms with Crippen molar-refractivity contribution in [2.45, 2.75) is 13.3 Å². The number of para-hydroxylation sites is 1. The Bertz CT molecular complexity index is 1030. The molecule has 3 aromatic carbocycles. The molecule has 0 radical (unpaired) electrons. The Morgan fingerprint density at radius 2 is 1.43 bits per heavy atom. The predicted octanol–water partition coefficient (Wildman–Crippen LogP) is 5.17. The first-order chi connectivity index (χ1) is 14.5. The van der Waals surface area contributed by atoms with Crippen molar-refractivity contribution in [2.75, 3.05) is 10.6 Å². The summed E-state index contributed by atoms with van der Waals surface area (Å²) >= 11 is 2.17. The molecule has 0 aliphatic rings. The molecule has 7 heteroatoms. The van der Waals surface area contributed by atoms with Gasteiger partial charge in [-0.1, -0.05) is 18.2 Å². The number of nitrogens with zero attached hydrogens (tertiary/aromatic N) is 1. The number of carbonyl (C=O) groups excluding carboxylic acids is 2. The summed E-state index contributed by atoms with van der Waals surface area (Å²) in [6, 6.07) is 24.4. The van der Waals surface area contributed by atoms with Crippen LogP contribution >= 0.6 is 22.6 Å². The molecule has 0 aliphatic heterocycles. The number of amides is 2. The molecule has 6 nitrogen and oxygen atoms in total. The lowest BCUT2D eigenvalue weighted by Crippen LogP contribution is -2.21. The third kappa shape index (κ3) is 6.70. The van der Waals surface area contributed by atoms with E-state index >= 15 is 0 Å². The van der Waals surface area contributed by atoms with E-state index in [1.165, 1.54) is 0 Å². The van der Waals surface area contributed by atoms with Crippen LogP contribution in [0.2, 0.25) is 0 Å².